The SMILES string of the molecule is C=CCCCCCN(C)C(=NC)NCC(=O)NCc1ccccc1.I. The van der Waals surface area contributed by atoms with Crippen LogP contribution < -0.4 is 10.6 Å². The van der Waals surface area contributed by atoms with Crippen LogP contribution in [0.25, 0.3) is 0 Å². The number of benzene rings is 1. The molecule has 2 N–H and O–H groups in total. The minimum atomic E-state index is -0.0422. The van der Waals surface area contributed by atoms with E-state index in [1.165, 1.54) is 12.8 Å². The maximum Gasteiger partial charge on any atom is 0.239 e. The van der Waals surface area contributed by atoms with Gasteiger partial charge in [-0.25, -0.2) is 0 Å². The van der Waals surface area contributed by atoms with E-state index in [0.29, 0.717) is 6.54 Å². The van der Waals surface area contributed by atoms with Gasteiger partial charge in [-0.1, -0.05) is 42.8 Å². The highest BCUT2D eigenvalue weighted by molar-refractivity contribution is 14.0. The van der Waals surface area contributed by atoms with Gasteiger partial charge in [-0.3, -0.25) is 9.79 Å². The molecule has 0 radical (unpaired) electrons. The topological polar surface area (TPSA) is 56.7 Å². The Kier molecular flexibility index (Phi) is 13.8. The Bertz CT molecular complexity index is 519. The summed E-state index contributed by atoms with van der Waals surface area (Å²) in [6.07, 6.45) is 6.47. The molecule has 0 saturated heterocycles. The first kappa shape index (κ1) is 23.4. The molecule has 1 aromatic carbocycles. The average Bonchev–Trinajstić information content (AvgIpc) is 2.61. The van der Waals surface area contributed by atoms with Crippen molar-refractivity contribution in [2.45, 2.75) is 32.2 Å². The van der Waals surface area contributed by atoms with Crippen LogP contribution in [0.4, 0.5) is 0 Å². The molecule has 0 aromatic heterocycles. The van der Waals surface area contributed by atoms with Gasteiger partial charge in [-0.15, -0.1) is 30.6 Å². The van der Waals surface area contributed by atoms with Gasteiger partial charge in [-0.05, 0) is 24.8 Å². The number of halogens is 1. The molecular formula is C19H31IN4O. The molecule has 0 aliphatic rings. The molecule has 1 aromatic rings. The standard InChI is InChI=1S/C19H30N4O.HI/c1-4-5-6-7-11-14-23(3)19(20-2)22-16-18(24)21-15-17-12-9-8-10-13-17;/h4,8-10,12-13H,1,5-7,11,14-16H2,2-3H3,(H,20,22)(H,21,24);1H. The first-order valence-electron chi connectivity index (χ1n) is 8.50. The van der Waals surface area contributed by atoms with Gasteiger partial charge in [0.25, 0.3) is 0 Å². The van der Waals surface area contributed by atoms with Crippen LogP contribution in [-0.4, -0.2) is 44.0 Å². The van der Waals surface area contributed by atoms with E-state index in [-0.39, 0.29) is 36.4 Å². The number of guanidine groups is 1. The van der Waals surface area contributed by atoms with Crippen molar-refractivity contribution < 1.29 is 4.79 Å². The molecule has 0 aliphatic heterocycles. The van der Waals surface area contributed by atoms with Crippen LogP contribution in [-0.2, 0) is 11.3 Å². The first-order chi connectivity index (χ1) is 11.7. The second kappa shape index (κ2) is 14.7. The van der Waals surface area contributed by atoms with Crippen LogP contribution >= 0.6 is 24.0 Å². The number of hydrogen-bond acceptors (Lipinski definition) is 2. The molecule has 6 heteroatoms. The summed E-state index contributed by atoms with van der Waals surface area (Å²) in [5.74, 6) is 0.702. The smallest absolute Gasteiger partial charge is 0.239 e. The Morgan fingerprint density at radius 1 is 1.20 bits per heavy atom. The van der Waals surface area contributed by atoms with E-state index >= 15 is 0 Å². The molecule has 140 valence electrons. The van der Waals surface area contributed by atoms with E-state index in [1.54, 1.807) is 7.05 Å². The Labute approximate surface area is 169 Å². The third kappa shape index (κ3) is 10.8. The first-order valence-corrected chi connectivity index (χ1v) is 8.50. The van der Waals surface area contributed by atoms with Crippen molar-refractivity contribution in [2.75, 3.05) is 27.2 Å². The lowest BCUT2D eigenvalue weighted by atomic mass is 10.2. The third-order valence-corrected chi connectivity index (χ3v) is 3.71. The second-order valence-corrected chi connectivity index (χ2v) is 5.72. The molecule has 0 saturated carbocycles. The summed E-state index contributed by atoms with van der Waals surface area (Å²) in [5.41, 5.74) is 1.09. The molecule has 1 rings (SSSR count). The van der Waals surface area contributed by atoms with Crippen LogP contribution in [0, 0.1) is 0 Å². The van der Waals surface area contributed by atoms with Crippen LogP contribution in [0.1, 0.15) is 31.2 Å². The zero-order valence-electron chi connectivity index (χ0n) is 15.3. The number of unbranched alkanes of at least 4 members (excludes halogenated alkanes) is 3. The van der Waals surface area contributed by atoms with E-state index in [9.17, 15) is 4.79 Å². The Balaban J connectivity index is 0.00000576. The van der Waals surface area contributed by atoms with Gasteiger partial charge in [0.15, 0.2) is 5.96 Å². The van der Waals surface area contributed by atoms with E-state index in [1.807, 2.05) is 43.5 Å². The van der Waals surface area contributed by atoms with Gasteiger partial charge in [-0.2, -0.15) is 0 Å². The maximum atomic E-state index is 11.9. The number of rotatable bonds is 10. The van der Waals surface area contributed by atoms with Crippen LogP contribution in [0.3, 0.4) is 0 Å². The summed E-state index contributed by atoms with van der Waals surface area (Å²) in [7, 11) is 3.73. The summed E-state index contributed by atoms with van der Waals surface area (Å²) >= 11 is 0. The Morgan fingerprint density at radius 3 is 2.56 bits per heavy atom. The molecule has 0 atom stereocenters. The molecule has 0 heterocycles. The summed E-state index contributed by atoms with van der Waals surface area (Å²) < 4.78 is 0. The average molecular weight is 458 g/mol. The molecule has 1 amide bonds. The van der Waals surface area contributed by atoms with E-state index in [2.05, 4.69) is 27.1 Å². The zero-order chi connectivity index (χ0) is 17.6. The normalized spacial score (nSPS) is 10.6. The van der Waals surface area contributed by atoms with Crippen molar-refractivity contribution >= 4 is 35.8 Å². The van der Waals surface area contributed by atoms with Gasteiger partial charge >= 0.3 is 0 Å². The van der Waals surface area contributed by atoms with Crippen LogP contribution in [0.2, 0.25) is 0 Å². The van der Waals surface area contributed by atoms with Crippen LogP contribution in [0.15, 0.2) is 48.0 Å². The summed E-state index contributed by atoms with van der Waals surface area (Å²) in [4.78, 5) is 18.2. The van der Waals surface area contributed by atoms with Crippen molar-refractivity contribution in [1.29, 1.82) is 0 Å². The minimum Gasteiger partial charge on any atom is -0.350 e. The molecule has 0 aliphatic carbocycles. The fourth-order valence-corrected chi connectivity index (χ4v) is 2.32. The van der Waals surface area contributed by atoms with Crippen molar-refractivity contribution in [2.24, 2.45) is 4.99 Å². The highest BCUT2D eigenvalue weighted by atomic mass is 127. The lowest BCUT2D eigenvalue weighted by Gasteiger charge is -2.21. The van der Waals surface area contributed by atoms with Gasteiger partial charge in [0.2, 0.25) is 5.91 Å². The quantitative estimate of drug-likeness (QED) is 0.186. The largest absolute Gasteiger partial charge is 0.350 e. The van der Waals surface area contributed by atoms with Crippen molar-refractivity contribution in [3.63, 3.8) is 0 Å². The Morgan fingerprint density at radius 2 is 1.92 bits per heavy atom. The number of carbonyl (C=O) groups excluding carboxylic acids is 1. The van der Waals surface area contributed by atoms with Gasteiger partial charge in [0.05, 0.1) is 6.54 Å². The predicted octanol–water partition coefficient (Wildman–Crippen LogP) is 3.17. The molecule has 5 nitrogen and oxygen atoms in total. The fourth-order valence-electron chi connectivity index (χ4n) is 2.32. The highest BCUT2D eigenvalue weighted by Gasteiger charge is 2.07. The lowest BCUT2D eigenvalue weighted by molar-refractivity contribution is -0.120. The molecule has 0 fully saturated rings. The van der Waals surface area contributed by atoms with E-state index in [0.717, 1.165) is 30.9 Å². The molecular weight excluding hydrogens is 427 g/mol. The Hall–Kier alpha value is -1.57. The van der Waals surface area contributed by atoms with Gasteiger partial charge in [0, 0.05) is 27.2 Å². The van der Waals surface area contributed by atoms with Crippen molar-refractivity contribution in [3.05, 3.63) is 48.6 Å². The van der Waals surface area contributed by atoms with Crippen LogP contribution in [0.5, 0.6) is 0 Å². The number of nitrogens with zero attached hydrogens (tertiary/aromatic N) is 2. The molecule has 25 heavy (non-hydrogen) atoms. The fraction of sp³-hybridized carbons (Fsp3) is 0.474. The summed E-state index contributed by atoms with van der Waals surface area (Å²) in [5, 5.41) is 6.00. The highest BCUT2D eigenvalue weighted by Crippen LogP contribution is 2.01. The summed E-state index contributed by atoms with van der Waals surface area (Å²) in [6, 6.07) is 9.88. The number of amides is 1. The predicted molar refractivity (Wildman–Crippen MR) is 116 cm³/mol. The lowest BCUT2D eigenvalue weighted by Crippen LogP contribution is -2.44. The molecule has 0 spiro atoms. The maximum absolute atomic E-state index is 11.9. The van der Waals surface area contributed by atoms with Crippen molar-refractivity contribution in [3.8, 4) is 0 Å². The van der Waals surface area contributed by atoms with Gasteiger partial charge < -0.3 is 15.5 Å². The summed E-state index contributed by atoms with van der Waals surface area (Å²) in [6.45, 7) is 5.42. The number of hydrogen-bond donors (Lipinski definition) is 2. The number of nitrogens with one attached hydrogen (secondary N) is 2. The minimum absolute atomic E-state index is 0. The zero-order valence-corrected chi connectivity index (χ0v) is 17.7. The molecule has 0 unspecified atom stereocenters. The number of carbonyl (C=O) groups is 1. The number of aliphatic imine (C=N–C) groups is 1. The monoisotopic (exact) mass is 458 g/mol. The van der Waals surface area contributed by atoms with E-state index < -0.39 is 0 Å². The molecule has 0 bridgehead atoms. The second-order valence-electron chi connectivity index (χ2n) is 5.72. The van der Waals surface area contributed by atoms with E-state index in [4.69, 9.17) is 0 Å². The number of allylic oxidation sites excluding steroid dienone is 1. The van der Waals surface area contributed by atoms with Gasteiger partial charge in [0.1, 0.15) is 0 Å². The van der Waals surface area contributed by atoms with Crippen molar-refractivity contribution in [1.82, 2.24) is 15.5 Å². The third-order valence-electron chi connectivity index (χ3n) is 3.71.